The minimum Gasteiger partial charge on any atom is -0.427 e. The van der Waals surface area contributed by atoms with Crippen LogP contribution in [0.2, 0.25) is 0 Å². The normalized spacial score (nSPS) is 12.3. The number of rotatable bonds is 17. The van der Waals surface area contributed by atoms with Crippen molar-refractivity contribution in [1.29, 1.82) is 0 Å². The van der Waals surface area contributed by atoms with Crippen molar-refractivity contribution in [3.05, 3.63) is 184 Å². The number of esters is 3. The van der Waals surface area contributed by atoms with Gasteiger partial charge in [-0.25, -0.2) is 9.59 Å². The molecule has 0 aliphatic heterocycles. The average Bonchev–Trinajstić information content (AvgIpc) is 3.48. The minimum atomic E-state index is -0.409. The van der Waals surface area contributed by atoms with Crippen LogP contribution >= 0.6 is 0 Å². The second-order valence-corrected chi connectivity index (χ2v) is 16.4. The van der Waals surface area contributed by atoms with Gasteiger partial charge < -0.3 is 14.2 Å². The van der Waals surface area contributed by atoms with Crippen LogP contribution in [0.4, 0.5) is 0 Å². The van der Waals surface area contributed by atoms with E-state index >= 15 is 0 Å². The van der Waals surface area contributed by atoms with E-state index in [1.807, 2.05) is 72.8 Å². The molecule has 7 rings (SSSR count). The number of Topliss-reactive ketones (excluding diaryl/α,β-unsaturated/α-hetero) is 1. The van der Waals surface area contributed by atoms with Crippen molar-refractivity contribution in [2.45, 2.75) is 90.9 Å². The summed E-state index contributed by atoms with van der Waals surface area (Å²) in [4.78, 5) is 51.4. The van der Waals surface area contributed by atoms with Gasteiger partial charge in [0, 0.05) is 24.7 Å². The highest BCUT2D eigenvalue weighted by molar-refractivity contribution is 5.92. The van der Waals surface area contributed by atoms with Crippen LogP contribution in [-0.2, 0) is 47.1 Å². The number of hydrogen-bond donors (Lipinski definition) is 0. The van der Waals surface area contributed by atoms with Crippen molar-refractivity contribution in [3.63, 3.8) is 0 Å². The maximum absolute atomic E-state index is 13.2. The maximum atomic E-state index is 13.2. The number of aryl methyl sites for hydroxylation is 4. The van der Waals surface area contributed by atoms with Gasteiger partial charge in [-0.1, -0.05) is 113 Å². The van der Waals surface area contributed by atoms with Crippen molar-refractivity contribution < 1.29 is 33.4 Å². The Hall–Kier alpha value is -6.60. The first-order valence-electron chi connectivity index (χ1n) is 21.3. The van der Waals surface area contributed by atoms with E-state index in [4.69, 9.17) is 14.2 Å². The highest BCUT2D eigenvalue weighted by atomic mass is 16.5. The summed E-state index contributed by atoms with van der Waals surface area (Å²) in [5, 5.41) is 0. The van der Waals surface area contributed by atoms with Crippen molar-refractivity contribution in [2.24, 2.45) is 0 Å². The van der Waals surface area contributed by atoms with Gasteiger partial charge in [-0.15, -0.1) is 0 Å². The van der Waals surface area contributed by atoms with Crippen LogP contribution in [0.5, 0.6) is 17.2 Å². The predicted molar refractivity (Wildman–Crippen MR) is 239 cm³/mol. The molecular formula is C54H52O7. The number of ketones is 1. The van der Waals surface area contributed by atoms with Gasteiger partial charge in [0.15, 0.2) is 0 Å². The lowest BCUT2D eigenvalue weighted by molar-refractivity contribution is -0.134. The summed E-state index contributed by atoms with van der Waals surface area (Å²) >= 11 is 0. The molecule has 1 aliphatic rings. The van der Waals surface area contributed by atoms with Crippen molar-refractivity contribution in [2.75, 3.05) is 0 Å². The Labute approximate surface area is 358 Å². The first kappa shape index (κ1) is 42.5. The Bertz CT molecular complexity index is 2340. The van der Waals surface area contributed by atoms with Gasteiger partial charge in [-0.3, -0.25) is 9.59 Å². The van der Waals surface area contributed by atoms with E-state index in [1.165, 1.54) is 11.1 Å². The third kappa shape index (κ3) is 10.6. The highest BCUT2D eigenvalue weighted by Crippen LogP contribution is 2.50. The molecule has 0 unspecified atom stereocenters. The zero-order chi connectivity index (χ0) is 42.9. The van der Waals surface area contributed by atoms with Gasteiger partial charge in [0.25, 0.3) is 0 Å². The molecule has 0 N–H and O–H groups in total. The van der Waals surface area contributed by atoms with E-state index in [0.29, 0.717) is 54.1 Å². The third-order valence-corrected chi connectivity index (χ3v) is 11.4. The smallest absolute Gasteiger partial charge is 0.343 e. The Morgan fingerprint density at radius 1 is 0.443 bits per heavy atom. The molecular weight excluding hydrogens is 761 g/mol. The lowest BCUT2D eigenvalue weighted by atomic mass is 9.81. The number of fused-ring (bicyclic) bond motifs is 3. The van der Waals surface area contributed by atoms with E-state index < -0.39 is 11.9 Å². The molecule has 0 radical (unpaired) electrons. The molecule has 0 saturated heterocycles. The molecule has 0 saturated carbocycles. The van der Waals surface area contributed by atoms with Crippen molar-refractivity contribution >= 4 is 23.7 Å². The second-order valence-electron chi connectivity index (χ2n) is 16.4. The molecule has 0 amide bonds. The molecule has 6 aromatic rings. The lowest BCUT2D eigenvalue weighted by Gasteiger charge is -2.22. The standard InChI is InChI=1S/C54H52O7/c1-5-7-36-9-20-41(21-10-36)52(57)60-44-25-14-38(15-26-44)13-24-43(55)33-40-18-30-47-48-31-29-46(35-50(48)54(3,4)49(47)34-40)59-51(56)32-19-39-16-27-45(28-17-39)61-53(58)42-22-11-37(8-6-2)12-23-42/h9-12,14-18,20-23,25-31,34-35H,5-8,13,19,24,32-33H2,1-4H3. The quantitative estimate of drug-likeness (QED) is 0.0668. The average molecular weight is 813 g/mol. The minimum absolute atomic E-state index is 0.146. The van der Waals surface area contributed by atoms with E-state index in [-0.39, 0.29) is 23.6 Å². The highest BCUT2D eigenvalue weighted by Gasteiger charge is 2.36. The number of ether oxygens (including phenoxy) is 3. The molecule has 7 nitrogen and oxygen atoms in total. The number of hydrogen-bond acceptors (Lipinski definition) is 7. The first-order valence-corrected chi connectivity index (χ1v) is 21.3. The fourth-order valence-electron chi connectivity index (χ4n) is 7.94. The van der Waals surface area contributed by atoms with Crippen LogP contribution in [0.1, 0.15) is 113 Å². The summed E-state index contributed by atoms with van der Waals surface area (Å²) in [5.74, 6) is 0.414. The zero-order valence-corrected chi connectivity index (χ0v) is 35.4. The Balaban J connectivity index is 0.878. The Morgan fingerprint density at radius 3 is 1.36 bits per heavy atom. The SMILES string of the molecule is CCCc1ccc(C(=O)Oc2ccc(CCC(=O)Cc3ccc4c(c3)C(C)(C)c3cc(OC(=O)CCc5ccc(OC(=O)c6ccc(CCC)cc6)cc5)ccc3-4)cc2)cc1. The van der Waals surface area contributed by atoms with E-state index in [0.717, 1.165) is 64.6 Å². The maximum Gasteiger partial charge on any atom is 0.343 e. The molecule has 310 valence electrons. The number of carbonyl (C=O) groups excluding carboxylic acids is 4. The van der Waals surface area contributed by atoms with Crippen molar-refractivity contribution in [3.8, 4) is 28.4 Å². The largest absolute Gasteiger partial charge is 0.427 e. The lowest BCUT2D eigenvalue weighted by Crippen LogP contribution is -2.16. The first-order chi connectivity index (χ1) is 29.5. The number of benzene rings is 6. The van der Waals surface area contributed by atoms with E-state index in [9.17, 15) is 19.2 Å². The fourth-order valence-corrected chi connectivity index (χ4v) is 7.94. The van der Waals surface area contributed by atoms with Gasteiger partial charge >= 0.3 is 17.9 Å². The molecule has 7 heteroatoms. The topological polar surface area (TPSA) is 96.0 Å². The fraction of sp³-hybridized carbons (Fsp3) is 0.259. The van der Waals surface area contributed by atoms with Crippen LogP contribution < -0.4 is 14.2 Å². The molecule has 0 atom stereocenters. The molecule has 0 spiro atoms. The van der Waals surface area contributed by atoms with E-state index in [1.54, 1.807) is 48.5 Å². The second kappa shape index (κ2) is 19.2. The van der Waals surface area contributed by atoms with Crippen LogP contribution in [0.25, 0.3) is 11.1 Å². The molecule has 1 aliphatic carbocycles. The van der Waals surface area contributed by atoms with Gasteiger partial charge in [-0.05, 0) is 136 Å². The summed E-state index contributed by atoms with van der Waals surface area (Å²) in [6.45, 7) is 8.56. The number of carbonyl (C=O) groups is 4. The third-order valence-electron chi connectivity index (χ3n) is 11.4. The molecule has 6 aromatic carbocycles. The summed E-state index contributed by atoms with van der Waals surface area (Å²) in [6, 6.07) is 41.6. The van der Waals surface area contributed by atoms with E-state index in [2.05, 4.69) is 39.8 Å². The summed E-state index contributed by atoms with van der Waals surface area (Å²) in [6.07, 6.45) is 6.03. The molecule has 0 fully saturated rings. The summed E-state index contributed by atoms with van der Waals surface area (Å²) in [5.41, 5.74) is 10.3. The van der Waals surface area contributed by atoms with Gasteiger partial charge in [0.2, 0.25) is 0 Å². The summed E-state index contributed by atoms with van der Waals surface area (Å²) < 4.78 is 16.9. The zero-order valence-electron chi connectivity index (χ0n) is 35.4. The summed E-state index contributed by atoms with van der Waals surface area (Å²) in [7, 11) is 0. The molecule has 0 bridgehead atoms. The van der Waals surface area contributed by atoms with Gasteiger partial charge in [0.05, 0.1) is 11.1 Å². The Morgan fingerprint density at radius 2 is 0.852 bits per heavy atom. The van der Waals surface area contributed by atoms with Crippen LogP contribution in [-0.4, -0.2) is 23.7 Å². The Kier molecular flexibility index (Phi) is 13.4. The predicted octanol–water partition coefficient (Wildman–Crippen LogP) is 11.6. The molecule has 0 aromatic heterocycles. The van der Waals surface area contributed by atoms with Crippen molar-refractivity contribution in [1.82, 2.24) is 0 Å². The van der Waals surface area contributed by atoms with Crippen LogP contribution in [0.3, 0.4) is 0 Å². The van der Waals surface area contributed by atoms with Gasteiger partial charge in [-0.2, -0.15) is 0 Å². The van der Waals surface area contributed by atoms with Gasteiger partial charge in [0.1, 0.15) is 23.0 Å². The van der Waals surface area contributed by atoms with Crippen LogP contribution in [0.15, 0.2) is 133 Å². The molecule has 0 heterocycles. The van der Waals surface area contributed by atoms with Crippen LogP contribution in [0, 0.1) is 0 Å². The monoisotopic (exact) mass is 812 g/mol. The molecule has 61 heavy (non-hydrogen) atoms.